The second-order valence-electron chi connectivity index (χ2n) is 8.58. The van der Waals surface area contributed by atoms with Crippen LogP contribution in [-0.4, -0.2) is 42.3 Å². The van der Waals surface area contributed by atoms with E-state index >= 15 is 0 Å². The zero-order chi connectivity index (χ0) is 17.0. The predicted molar refractivity (Wildman–Crippen MR) is 94.5 cm³/mol. The van der Waals surface area contributed by atoms with Crippen molar-refractivity contribution in [3.05, 3.63) is 0 Å². The van der Waals surface area contributed by atoms with E-state index < -0.39 is 5.60 Å². The average molecular weight is 325 g/mol. The normalized spacial score (nSPS) is 30.3. The Bertz CT molecular complexity index is 383. The van der Waals surface area contributed by atoms with E-state index in [4.69, 9.17) is 4.74 Å². The number of ether oxygens (including phenoxy) is 1. The number of nitrogens with one attached hydrogen (secondary N) is 1. The van der Waals surface area contributed by atoms with Crippen LogP contribution >= 0.6 is 0 Å². The van der Waals surface area contributed by atoms with Gasteiger partial charge in [0.25, 0.3) is 0 Å². The van der Waals surface area contributed by atoms with E-state index in [1.54, 1.807) is 0 Å². The summed E-state index contributed by atoms with van der Waals surface area (Å²) in [7, 11) is 0. The fourth-order valence-electron chi connectivity index (χ4n) is 4.17. The van der Waals surface area contributed by atoms with E-state index in [0.29, 0.717) is 12.0 Å². The van der Waals surface area contributed by atoms with Crippen LogP contribution < -0.4 is 5.32 Å². The molecule has 2 aliphatic rings. The van der Waals surface area contributed by atoms with E-state index in [1.165, 1.54) is 25.7 Å². The summed E-state index contributed by atoms with van der Waals surface area (Å²) >= 11 is 0. The van der Waals surface area contributed by atoms with Gasteiger partial charge in [-0.15, -0.1) is 0 Å². The lowest BCUT2D eigenvalue weighted by atomic mass is 9.75. The number of amides is 1. The molecule has 4 nitrogen and oxygen atoms in total. The summed E-state index contributed by atoms with van der Waals surface area (Å²) in [6, 6.07) is 0.555. The third-order valence-corrected chi connectivity index (χ3v) is 5.39. The first-order valence-electron chi connectivity index (χ1n) is 9.51. The maximum absolute atomic E-state index is 12.3. The molecule has 134 valence electrons. The lowest BCUT2D eigenvalue weighted by Crippen LogP contribution is -2.45. The molecule has 1 N–H and O–H groups in total. The molecule has 23 heavy (non-hydrogen) atoms. The second-order valence-corrected chi connectivity index (χ2v) is 8.58. The molecule has 0 spiro atoms. The average Bonchev–Trinajstić information content (AvgIpc) is 2.94. The van der Waals surface area contributed by atoms with Gasteiger partial charge in [-0.1, -0.05) is 26.7 Å². The number of rotatable bonds is 4. The molecule has 1 aliphatic carbocycles. The van der Waals surface area contributed by atoms with Crippen LogP contribution in [0.15, 0.2) is 0 Å². The van der Waals surface area contributed by atoms with Crippen LogP contribution in [0.5, 0.6) is 0 Å². The third-order valence-electron chi connectivity index (χ3n) is 5.39. The Labute approximate surface area is 142 Å². The van der Waals surface area contributed by atoms with Gasteiger partial charge in [-0.2, -0.15) is 0 Å². The van der Waals surface area contributed by atoms with E-state index in [2.05, 4.69) is 19.2 Å². The first-order chi connectivity index (χ1) is 10.8. The molecule has 1 amide bonds. The summed E-state index contributed by atoms with van der Waals surface area (Å²) < 4.78 is 5.54. The Hall–Kier alpha value is -0.770. The lowest BCUT2D eigenvalue weighted by molar-refractivity contribution is 0.0281. The van der Waals surface area contributed by atoms with E-state index in [-0.39, 0.29) is 6.09 Å². The molecule has 0 aromatic carbocycles. The highest BCUT2D eigenvalue weighted by molar-refractivity contribution is 5.68. The van der Waals surface area contributed by atoms with Gasteiger partial charge < -0.3 is 15.0 Å². The van der Waals surface area contributed by atoms with Crippen molar-refractivity contribution in [2.45, 2.75) is 78.4 Å². The van der Waals surface area contributed by atoms with Crippen molar-refractivity contribution >= 4 is 6.09 Å². The first kappa shape index (κ1) is 18.6. The Morgan fingerprint density at radius 2 is 1.83 bits per heavy atom. The van der Waals surface area contributed by atoms with Gasteiger partial charge in [0, 0.05) is 19.1 Å². The van der Waals surface area contributed by atoms with Crippen molar-refractivity contribution in [1.29, 1.82) is 0 Å². The molecule has 0 aromatic heterocycles. The highest BCUT2D eigenvalue weighted by Gasteiger charge is 2.37. The van der Waals surface area contributed by atoms with Gasteiger partial charge >= 0.3 is 6.09 Å². The lowest BCUT2D eigenvalue weighted by Gasteiger charge is -2.36. The largest absolute Gasteiger partial charge is 0.444 e. The van der Waals surface area contributed by atoms with Gasteiger partial charge in [-0.3, -0.25) is 0 Å². The highest BCUT2D eigenvalue weighted by atomic mass is 16.6. The van der Waals surface area contributed by atoms with Crippen LogP contribution in [0.25, 0.3) is 0 Å². The molecule has 0 aromatic rings. The molecular formula is C19H36N2O2. The minimum atomic E-state index is -0.407. The molecule has 1 heterocycles. The minimum Gasteiger partial charge on any atom is -0.444 e. The van der Waals surface area contributed by atoms with Crippen molar-refractivity contribution < 1.29 is 9.53 Å². The second kappa shape index (κ2) is 7.87. The Balaban J connectivity index is 1.92. The number of nitrogens with zero attached hydrogens (tertiary/aromatic N) is 1. The molecule has 0 bridgehead atoms. The molecule has 4 heteroatoms. The molecule has 2 rings (SSSR count). The van der Waals surface area contributed by atoms with Crippen molar-refractivity contribution in [1.82, 2.24) is 10.2 Å². The van der Waals surface area contributed by atoms with Crippen LogP contribution in [0.2, 0.25) is 0 Å². The number of likely N-dealkylation sites (tertiary alicyclic amines) is 1. The van der Waals surface area contributed by atoms with Crippen LogP contribution in [0.4, 0.5) is 4.79 Å². The first-order valence-corrected chi connectivity index (χ1v) is 9.51. The van der Waals surface area contributed by atoms with Crippen molar-refractivity contribution in [3.8, 4) is 0 Å². The monoisotopic (exact) mass is 324 g/mol. The zero-order valence-corrected chi connectivity index (χ0v) is 15.7. The smallest absolute Gasteiger partial charge is 0.410 e. The van der Waals surface area contributed by atoms with E-state index in [1.807, 2.05) is 25.7 Å². The van der Waals surface area contributed by atoms with Crippen molar-refractivity contribution in [2.24, 2.45) is 17.8 Å². The molecular weight excluding hydrogens is 288 g/mol. The quantitative estimate of drug-likeness (QED) is 0.848. The van der Waals surface area contributed by atoms with Gasteiger partial charge in [0.1, 0.15) is 5.60 Å². The van der Waals surface area contributed by atoms with Crippen LogP contribution in [0.1, 0.15) is 66.7 Å². The van der Waals surface area contributed by atoms with Gasteiger partial charge in [0.15, 0.2) is 0 Å². The minimum absolute atomic E-state index is 0.146. The molecule has 1 aliphatic heterocycles. The van der Waals surface area contributed by atoms with Gasteiger partial charge in [0.05, 0.1) is 0 Å². The van der Waals surface area contributed by atoms with Gasteiger partial charge in [0.2, 0.25) is 0 Å². The van der Waals surface area contributed by atoms with E-state index in [9.17, 15) is 4.79 Å². The number of carbonyl (C=O) groups excluding carboxylic acids is 1. The summed E-state index contributed by atoms with van der Waals surface area (Å²) in [6.45, 7) is 13.1. The number of carbonyl (C=O) groups is 1. The molecule has 2 fully saturated rings. The number of hydrogen-bond donors (Lipinski definition) is 1. The Morgan fingerprint density at radius 3 is 2.39 bits per heavy atom. The maximum Gasteiger partial charge on any atom is 0.410 e. The van der Waals surface area contributed by atoms with Crippen molar-refractivity contribution in [2.75, 3.05) is 19.6 Å². The molecule has 2 unspecified atom stereocenters. The summed E-state index contributed by atoms with van der Waals surface area (Å²) in [6.07, 6.45) is 6.34. The molecule has 1 saturated carbocycles. The topological polar surface area (TPSA) is 41.6 Å². The third kappa shape index (κ3) is 5.37. The summed E-state index contributed by atoms with van der Waals surface area (Å²) in [5.41, 5.74) is -0.407. The maximum atomic E-state index is 12.3. The van der Waals surface area contributed by atoms with Crippen molar-refractivity contribution in [3.63, 3.8) is 0 Å². The fraction of sp³-hybridized carbons (Fsp3) is 0.947. The Kier molecular flexibility index (Phi) is 6.35. The number of hydrogen-bond acceptors (Lipinski definition) is 3. The fourth-order valence-corrected chi connectivity index (χ4v) is 4.17. The summed E-state index contributed by atoms with van der Waals surface area (Å²) in [5, 5.41) is 3.74. The van der Waals surface area contributed by atoms with E-state index in [0.717, 1.165) is 37.9 Å². The Morgan fingerprint density at radius 1 is 1.17 bits per heavy atom. The zero-order valence-electron chi connectivity index (χ0n) is 15.7. The van der Waals surface area contributed by atoms with Gasteiger partial charge in [-0.05, 0) is 64.3 Å². The summed E-state index contributed by atoms with van der Waals surface area (Å²) in [4.78, 5) is 14.2. The predicted octanol–water partition coefficient (Wildman–Crippen LogP) is 4.05. The SMILES string of the molecule is CCNC(C1CCC(C)CC1)C1CCN(C(=O)OC(C)(C)C)C1. The van der Waals surface area contributed by atoms with Crippen LogP contribution in [0.3, 0.4) is 0 Å². The van der Waals surface area contributed by atoms with Crippen LogP contribution in [-0.2, 0) is 4.74 Å². The molecule has 2 atom stereocenters. The molecule has 0 radical (unpaired) electrons. The van der Waals surface area contributed by atoms with Crippen LogP contribution in [0, 0.1) is 17.8 Å². The molecule has 1 saturated heterocycles. The summed E-state index contributed by atoms with van der Waals surface area (Å²) in [5.74, 6) is 2.23. The highest BCUT2D eigenvalue weighted by Crippen LogP contribution is 2.35. The standard InChI is InChI=1S/C19H36N2O2/c1-6-20-17(15-9-7-14(2)8-10-15)16-11-12-21(13-16)18(22)23-19(3,4)5/h14-17,20H,6-13H2,1-5H3. The van der Waals surface area contributed by atoms with Gasteiger partial charge in [-0.25, -0.2) is 4.79 Å².